The molecule has 0 aliphatic carbocycles. The van der Waals surface area contributed by atoms with Crippen LogP contribution < -0.4 is 34.7 Å². The molecule has 1 aromatic rings. The summed E-state index contributed by atoms with van der Waals surface area (Å²) >= 11 is 0. The Labute approximate surface area is 117 Å². The number of carboxylic acid groups (broad SMARTS) is 1. The molecule has 0 spiro atoms. The van der Waals surface area contributed by atoms with Crippen LogP contribution in [0.25, 0.3) is 0 Å². The summed E-state index contributed by atoms with van der Waals surface area (Å²) in [7, 11) is 0. The molecule has 16 heavy (non-hydrogen) atoms. The van der Waals surface area contributed by atoms with Gasteiger partial charge in [-0.3, -0.25) is 4.79 Å². The van der Waals surface area contributed by atoms with Crippen LogP contribution in [0.15, 0.2) is 24.3 Å². The van der Waals surface area contributed by atoms with Gasteiger partial charge in [-0.05, 0) is 5.56 Å². The van der Waals surface area contributed by atoms with Crippen molar-refractivity contribution in [3.8, 4) is 0 Å². The molecule has 3 nitrogen and oxygen atoms in total. The van der Waals surface area contributed by atoms with Gasteiger partial charge in [-0.1, -0.05) is 45.0 Å². The van der Waals surface area contributed by atoms with E-state index in [1.165, 1.54) is 24.3 Å². The molecule has 1 aromatic carbocycles. The summed E-state index contributed by atoms with van der Waals surface area (Å²) in [5.41, 5.74) is 0.149. The van der Waals surface area contributed by atoms with E-state index in [9.17, 15) is 14.7 Å². The van der Waals surface area contributed by atoms with Crippen LogP contribution in [0.1, 0.15) is 41.5 Å². The van der Waals surface area contributed by atoms with E-state index in [0.29, 0.717) is 5.56 Å². The molecule has 0 bridgehead atoms. The molecule has 0 atom stereocenters. The second-order valence-electron chi connectivity index (χ2n) is 4.44. The molecule has 0 heterocycles. The monoisotopic (exact) mass is 228 g/mol. The molecule has 0 fully saturated rings. The first-order valence-corrected chi connectivity index (χ1v) is 4.68. The average molecular weight is 228 g/mol. The van der Waals surface area contributed by atoms with Gasteiger partial charge in [-0.25, -0.2) is 0 Å². The quantitative estimate of drug-likeness (QED) is 0.447. The van der Waals surface area contributed by atoms with Gasteiger partial charge in [-0.15, -0.1) is 0 Å². The topological polar surface area (TPSA) is 57.2 Å². The fraction of sp³-hybridized carbons (Fsp3) is 0.333. The third-order valence-corrected chi connectivity index (χ3v) is 2.06. The van der Waals surface area contributed by atoms with Crippen LogP contribution in [-0.4, -0.2) is 11.8 Å². The molecule has 0 radical (unpaired) electrons. The first-order chi connectivity index (χ1) is 6.82. The SMILES string of the molecule is CC(C)(C)C(=O)c1ccc(C(=O)[O-])cc1.[Na+]. The number of ketones is 1. The van der Waals surface area contributed by atoms with Crippen molar-refractivity contribution in [2.75, 3.05) is 0 Å². The van der Waals surface area contributed by atoms with Gasteiger partial charge in [0.05, 0.1) is 5.97 Å². The Morgan fingerprint density at radius 2 is 1.38 bits per heavy atom. The van der Waals surface area contributed by atoms with Gasteiger partial charge in [-0.2, -0.15) is 0 Å². The van der Waals surface area contributed by atoms with Crippen molar-refractivity contribution in [2.24, 2.45) is 5.41 Å². The van der Waals surface area contributed by atoms with Crippen LogP contribution in [0.4, 0.5) is 0 Å². The van der Waals surface area contributed by atoms with Gasteiger partial charge in [0.2, 0.25) is 0 Å². The smallest absolute Gasteiger partial charge is 0.545 e. The minimum Gasteiger partial charge on any atom is -0.545 e. The van der Waals surface area contributed by atoms with Crippen molar-refractivity contribution in [3.63, 3.8) is 0 Å². The van der Waals surface area contributed by atoms with Crippen molar-refractivity contribution in [1.29, 1.82) is 0 Å². The van der Waals surface area contributed by atoms with Crippen molar-refractivity contribution in [3.05, 3.63) is 35.4 Å². The van der Waals surface area contributed by atoms with Crippen molar-refractivity contribution in [2.45, 2.75) is 20.8 Å². The number of hydrogen-bond donors (Lipinski definition) is 0. The first kappa shape index (κ1) is 15.4. The van der Waals surface area contributed by atoms with Gasteiger partial charge >= 0.3 is 29.6 Å². The zero-order valence-corrected chi connectivity index (χ0v) is 12.0. The summed E-state index contributed by atoms with van der Waals surface area (Å²) < 4.78 is 0. The van der Waals surface area contributed by atoms with Crippen LogP contribution in [0.2, 0.25) is 0 Å². The van der Waals surface area contributed by atoms with Gasteiger partial charge in [0.1, 0.15) is 0 Å². The second kappa shape index (κ2) is 5.62. The van der Waals surface area contributed by atoms with Crippen LogP contribution in [0.3, 0.4) is 0 Å². The van der Waals surface area contributed by atoms with Gasteiger partial charge in [0.25, 0.3) is 0 Å². The predicted molar refractivity (Wildman–Crippen MR) is 54.6 cm³/mol. The summed E-state index contributed by atoms with van der Waals surface area (Å²) in [6, 6.07) is 5.79. The van der Waals surface area contributed by atoms with E-state index in [-0.39, 0.29) is 40.9 Å². The fourth-order valence-corrected chi connectivity index (χ4v) is 1.19. The van der Waals surface area contributed by atoms with Crippen LogP contribution in [-0.2, 0) is 0 Å². The number of carbonyl (C=O) groups is 2. The molecule has 1 rings (SSSR count). The van der Waals surface area contributed by atoms with Crippen LogP contribution in [0.5, 0.6) is 0 Å². The Balaban J connectivity index is 0.00000225. The number of carboxylic acids is 1. The first-order valence-electron chi connectivity index (χ1n) is 4.68. The summed E-state index contributed by atoms with van der Waals surface area (Å²) in [6.07, 6.45) is 0. The predicted octanol–water partition coefficient (Wildman–Crippen LogP) is -1.72. The summed E-state index contributed by atoms with van der Waals surface area (Å²) in [5.74, 6) is -1.24. The van der Waals surface area contributed by atoms with Gasteiger partial charge < -0.3 is 9.90 Å². The second-order valence-corrected chi connectivity index (χ2v) is 4.44. The molecule has 4 heteroatoms. The van der Waals surface area contributed by atoms with E-state index < -0.39 is 11.4 Å². The number of hydrogen-bond acceptors (Lipinski definition) is 3. The number of Topliss-reactive ketones (excluding diaryl/α,β-unsaturated/α-hetero) is 1. The molecule has 0 saturated heterocycles. The van der Waals surface area contributed by atoms with Gasteiger partial charge in [0.15, 0.2) is 5.78 Å². The molecule has 0 amide bonds. The number of rotatable bonds is 2. The van der Waals surface area contributed by atoms with Crippen molar-refractivity contribution in [1.82, 2.24) is 0 Å². The molecule has 80 valence electrons. The van der Waals surface area contributed by atoms with Gasteiger partial charge in [0, 0.05) is 11.0 Å². The molecular formula is C12H13NaO3. The maximum Gasteiger partial charge on any atom is 1.00 e. The Morgan fingerprint density at radius 3 is 1.69 bits per heavy atom. The molecule has 0 aliphatic rings. The average Bonchev–Trinajstić information content (AvgIpc) is 2.15. The minimum absolute atomic E-state index is 0. The normalized spacial score (nSPS) is 10.4. The third kappa shape index (κ3) is 3.74. The summed E-state index contributed by atoms with van der Waals surface area (Å²) in [6.45, 7) is 5.46. The fourth-order valence-electron chi connectivity index (χ4n) is 1.19. The van der Waals surface area contributed by atoms with Crippen LogP contribution >= 0.6 is 0 Å². The van der Waals surface area contributed by atoms with Crippen molar-refractivity contribution < 1.29 is 44.3 Å². The Bertz CT molecular complexity index is 388. The summed E-state index contributed by atoms with van der Waals surface area (Å²) in [5, 5.41) is 10.5. The largest absolute Gasteiger partial charge is 1.00 e. The summed E-state index contributed by atoms with van der Waals surface area (Å²) in [4.78, 5) is 22.3. The molecular weight excluding hydrogens is 215 g/mol. The van der Waals surface area contributed by atoms with Crippen molar-refractivity contribution >= 4 is 11.8 Å². The molecule has 0 saturated carbocycles. The molecule has 0 aliphatic heterocycles. The molecule has 0 N–H and O–H groups in total. The minimum atomic E-state index is -1.23. The van der Waals surface area contributed by atoms with E-state index in [1.54, 1.807) is 0 Å². The number of aromatic carboxylic acids is 1. The Hall–Kier alpha value is -0.640. The third-order valence-electron chi connectivity index (χ3n) is 2.06. The van der Waals surface area contributed by atoms with Crippen LogP contribution in [0, 0.1) is 5.41 Å². The zero-order chi connectivity index (χ0) is 11.6. The maximum atomic E-state index is 11.8. The Kier molecular flexibility index (Phi) is 5.39. The van der Waals surface area contributed by atoms with E-state index in [1.807, 2.05) is 20.8 Å². The Morgan fingerprint density at radius 1 is 1.00 bits per heavy atom. The molecule has 0 unspecified atom stereocenters. The van der Waals surface area contributed by atoms with E-state index in [4.69, 9.17) is 0 Å². The van der Waals surface area contributed by atoms with E-state index >= 15 is 0 Å². The maximum absolute atomic E-state index is 11.8. The number of benzene rings is 1. The van der Waals surface area contributed by atoms with E-state index in [2.05, 4.69) is 0 Å². The van der Waals surface area contributed by atoms with E-state index in [0.717, 1.165) is 0 Å². The zero-order valence-electron chi connectivity index (χ0n) is 10.0. The number of carbonyl (C=O) groups excluding carboxylic acids is 2. The standard InChI is InChI=1S/C12H14O3.Na/c1-12(2,3)10(13)8-4-6-9(7-5-8)11(14)15;/h4-7H,1-3H3,(H,14,15);/q;+1/p-1. The molecule has 0 aromatic heterocycles.